The molecule has 1 unspecified atom stereocenters. The van der Waals surface area contributed by atoms with Crippen LogP contribution in [0.15, 0.2) is 29.3 Å². The predicted octanol–water partition coefficient (Wildman–Crippen LogP) is 0.888. The fourth-order valence-electron chi connectivity index (χ4n) is 4.59. The number of para-hydroxylation sites is 2. The number of nitrogens with one attached hydrogen (secondary N) is 2. The smallest absolute Gasteiger partial charge is 0.373 e. The Kier molecular flexibility index (Phi) is 2.63. The number of ether oxygens (including phenoxy) is 1. The summed E-state index contributed by atoms with van der Waals surface area (Å²) in [5.41, 5.74) is 1.87. The number of piperidine rings is 3. The molecule has 2 N–H and O–H groups in total. The van der Waals surface area contributed by atoms with Crippen LogP contribution < -0.4 is 5.32 Å². The second kappa shape index (κ2) is 4.51. The van der Waals surface area contributed by atoms with Crippen LogP contribution in [-0.4, -0.2) is 60.1 Å². The summed E-state index contributed by atoms with van der Waals surface area (Å²) in [5.74, 6) is 1.34. The molecule has 5 heterocycles. The minimum atomic E-state index is -0.0976. The number of aliphatic imine (C=N–C) groups is 1. The van der Waals surface area contributed by atoms with Crippen molar-refractivity contribution in [3.63, 3.8) is 0 Å². The van der Waals surface area contributed by atoms with Crippen LogP contribution in [0.1, 0.15) is 12.8 Å². The Morgan fingerprint density at radius 3 is 2.91 bits per heavy atom. The number of quaternary nitrogens is 1. The van der Waals surface area contributed by atoms with Gasteiger partial charge in [-0.2, -0.15) is 0 Å². The largest absolute Gasteiger partial charge is 0.450 e. The van der Waals surface area contributed by atoms with Gasteiger partial charge in [-0.3, -0.25) is 5.32 Å². The summed E-state index contributed by atoms with van der Waals surface area (Å²) in [6, 6.07) is 8.62. The molecule has 6 nitrogen and oxygen atoms in total. The van der Waals surface area contributed by atoms with Crippen molar-refractivity contribution in [1.29, 1.82) is 0 Å². The topological polar surface area (TPSA) is 62.3 Å². The Morgan fingerprint density at radius 2 is 2.13 bits per heavy atom. The van der Waals surface area contributed by atoms with Crippen LogP contribution >= 0.6 is 0 Å². The molecule has 23 heavy (non-hydrogen) atoms. The molecule has 4 aliphatic heterocycles. The summed E-state index contributed by atoms with van der Waals surface area (Å²) >= 11 is 0. The van der Waals surface area contributed by atoms with E-state index in [-0.39, 0.29) is 5.60 Å². The van der Waals surface area contributed by atoms with Gasteiger partial charge in [0.05, 0.1) is 30.7 Å². The second-order valence-electron chi connectivity index (χ2n) is 7.51. The van der Waals surface area contributed by atoms with E-state index in [4.69, 9.17) is 4.74 Å². The van der Waals surface area contributed by atoms with Gasteiger partial charge in [0.15, 0.2) is 5.60 Å². The zero-order valence-corrected chi connectivity index (χ0v) is 13.4. The van der Waals surface area contributed by atoms with E-state index in [1.807, 2.05) is 24.3 Å². The third-order valence-corrected chi connectivity index (χ3v) is 5.83. The number of nitrogens with zero attached hydrogens (tertiary/aromatic N) is 3. The van der Waals surface area contributed by atoms with Crippen molar-refractivity contribution in [3.05, 3.63) is 24.3 Å². The maximum Gasteiger partial charge on any atom is 0.373 e. The van der Waals surface area contributed by atoms with Crippen LogP contribution in [0, 0.1) is 5.92 Å². The highest BCUT2D eigenvalue weighted by Crippen LogP contribution is 2.43. The molecule has 1 atom stereocenters. The standard InChI is InChI=1S/C16H21BN5O/c17-22-7-5-11(6-8-22)16(10-22)9-18-15(23-16)21-14-19-12-3-1-2-4-13(12)20-14/h1-4,11H,5-10,17H2,(H2,18,19,20,21)/q+1. The van der Waals surface area contributed by atoms with E-state index >= 15 is 0 Å². The Morgan fingerprint density at radius 1 is 1.30 bits per heavy atom. The molecule has 7 heteroatoms. The van der Waals surface area contributed by atoms with E-state index in [2.05, 4.69) is 28.3 Å². The van der Waals surface area contributed by atoms with Crippen molar-refractivity contribution in [2.24, 2.45) is 10.9 Å². The van der Waals surface area contributed by atoms with Crippen LogP contribution in [0.3, 0.4) is 0 Å². The van der Waals surface area contributed by atoms with Crippen LogP contribution in [0.2, 0.25) is 0 Å². The van der Waals surface area contributed by atoms with Crippen molar-refractivity contribution < 1.29 is 9.13 Å². The monoisotopic (exact) mass is 310 g/mol. The molecule has 3 saturated heterocycles. The lowest BCUT2D eigenvalue weighted by Gasteiger charge is -2.55. The Bertz CT molecular complexity index is 762. The third-order valence-electron chi connectivity index (χ3n) is 5.83. The highest BCUT2D eigenvalue weighted by Gasteiger charge is 2.57. The average Bonchev–Trinajstić information content (AvgIpc) is 3.11. The van der Waals surface area contributed by atoms with E-state index < -0.39 is 0 Å². The highest BCUT2D eigenvalue weighted by atomic mass is 16.5. The van der Waals surface area contributed by atoms with Crippen molar-refractivity contribution in [3.8, 4) is 0 Å². The Balaban J connectivity index is 1.36. The fraction of sp³-hybridized carbons (Fsp3) is 0.500. The molecule has 2 aromatic rings. The lowest BCUT2D eigenvalue weighted by molar-refractivity contribution is -0.845. The van der Waals surface area contributed by atoms with Gasteiger partial charge in [0.1, 0.15) is 6.54 Å². The van der Waals surface area contributed by atoms with Gasteiger partial charge >= 0.3 is 7.98 Å². The molecular weight excluding hydrogens is 289 g/mol. The Hall–Kier alpha value is -2.02. The first-order valence-electron chi connectivity index (χ1n) is 8.43. The molecular formula is C16H21BN5O+. The minimum Gasteiger partial charge on any atom is -0.450 e. The first-order valence-corrected chi connectivity index (χ1v) is 8.43. The first-order chi connectivity index (χ1) is 11.1. The van der Waals surface area contributed by atoms with Crippen LogP contribution in [0.5, 0.6) is 0 Å². The number of imidazole rings is 1. The SMILES string of the molecule is B[N+]12CCC(CC1)C1(CN=C(Nc3nc4ccccc4[nH]3)O1)C2. The number of hydrogen-bond acceptors (Lipinski definition) is 4. The number of amidine groups is 1. The number of H-pyrrole nitrogens is 1. The molecule has 1 spiro atoms. The lowest BCUT2D eigenvalue weighted by Crippen LogP contribution is -2.69. The summed E-state index contributed by atoms with van der Waals surface area (Å²) in [4.78, 5) is 12.4. The number of aromatic nitrogens is 2. The number of fused-ring (bicyclic) bond motifs is 3. The van der Waals surface area contributed by atoms with Crippen molar-refractivity contribution in [1.82, 2.24) is 9.97 Å². The first kappa shape index (κ1) is 13.4. The summed E-state index contributed by atoms with van der Waals surface area (Å²) in [6.07, 6.45) is 2.51. The van der Waals surface area contributed by atoms with E-state index in [0.717, 1.165) is 28.5 Å². The average molecular weight is 310 g/mol. The van der Waals surface area contributed by atoms with Gasteiger partial charge in [0, 0.05) is 18.8 Å². The normalized spacial score (nSPS) is 35.5. The predicted molar refractivity (Wildman–Crippen MR) is 92.0 cm³/mol. The van der Waals surface area contributed by atoms with Crippen molar-refractivity contribution in [2.45, 2.75) is 18.4 Å². The van der Waals surface area contributed by atoms with E-state index in [9.17, 15) is 0 Å². The molecule has 2 bridgehead atoms. The fourth-order valence-corrected chi connectivity index (χ4v) is 4.59. The quantitative estimate of drug-likeness (QED) is 0.769. The maximum absolute atomic E-state index is 6.35. The minimum absolute atomic E-state index is 0.0976. The second-order valence-corrected chi connectivity index (χ2v) is 7.51. The number of hydrogen-bond donors (Lipinski definition) is 2. The third kappa shape index (κ3) is 2.06. The van der Waals surface area contributed by atoms with Crippen LogP contribution in [0.25, 0.3) is 11.0 Å². The molecule has 0 amide bonds. The molecule has 0 aliphatic carbocycles. The molecule has 0 saturated carbocycles. The molecule has 118 valence electrons. The van der Waals surface area contributed by atoms with E-state index in [1.54, 1.807) is 0 Å². The van der Waals surface area contributed by atoms with Crippen molar-refractivity contribution >= 4 is 31.0 Å². The summed E-state index contributed by atoms with van der Waals surface area (Å²) < 4.78 is 7.48. The molecule has 1 aromatic carbocycles. The van der Waals surface area contributed by atoms with Gasteiger partial charge in [0.2, 0.25) is 5.95 Å². The Labute approximate surface area is 136 Å². The summed E-state index contributed by atoms with van der Waals surface area (Å²) in [7, 11) is 2.35. The molecule has 4 aliphatic rings. The number of rotatable bonds is 1. The van der Waals surface area contributed by atoms with Gasteiger partial charge in [-0.05, 0) is 12.1 Å². The van der Waals surface area contributed by atoms with Gasteiger partial charge in [-0.1, -0.05) is 12.1 Å². The summed E-state index contributed by atoms with van der Waals surface area (Å²) in [5, 5.41) is 3.23. The molecule has 0 radical (unpaired) electrons. The zero-order chi connectivity index (χ0) is 15.5. The van der Waals surface area contributed by atoms with Gasteiger partial charge in [-0.15, -0.1) is 0 Å². The highest BCUT2D eigenvalue weighted by molar-refractivity contribution is 5.97. The number of aromatic amines is 1. The molecule has 3 fully saturated rings. The maximum atomic E-state index is 6.35. The number of anilines is 1. The van der Waals surface area contributed by atoms with Crippen LogP contribution in [-0.2, 0) is 4.74 Å². The van der Waals surface area contributed by atoms with Gasteiger partial charge < -0.3 is 14.1 Å². The van der Waals surface area contributed by atoms with Crippen molar-refractivity contribution in [2.75, 3.05) is 31.5 Å². The molecule has 6 rings (SSSR count). The zero-order valence-electron chi connectivity index (χ0n) is 13.4. The summed E-state index contributed by atoms with van der Waals surface area (Å²) in [6.45, 7) is 4.41. The molecule has 1 aromatic heterocycles. The number of benzene rings is 1. The van der Waals surface area contributed by atoms with Gasteiger partial charge in [-0.25, -0.2) is 9.98 Å². The van der Waals surface area contributed by atoms with E-state index in [0.29, 0.717) is 17.9 Å². The van der Waals surface area contributed by atoms with Gasteiger partial charge in [0.25, 0.3) is 6.02 Å². The van der Waals surface area contributed by atoms with Crippen LogP contribution in [0.4, 0.5) is 5.95 Å². The lowest BCUT2D eigenvalue weighted by atomic mass is 9.72. The van der Waals surface area contributed by atoms with E-state index in [1.165, 1.54) is 25.9 Å².